The monoisotopic (exact) mass is 477 g/mol. The first-order valence-corrected chi connectivity index (χ1v) is 10.3. The highest BCUT2D eigenvalue weighted by atomic mass is 19.4. The van der Waals surface area contributed by atoms with E-state index >= 15 is 0 Å². The van der Waals surface area contributed by atoms with E-state index in [1.807, 2.05) is 0 Å². The summed E-state index contributed by atoms with van der Waals surface area (Å²) >= 11 is 0. The van der Waals surface area contributed by atoms with Gasteiger partial charge in [0.2, 0.25) is 5.91 Å². The normalized spacial score (nSPS) is 14.0. The van der Waals surface area contributed by atoms with Crippen molar-refractivity contribution in [2.24, 2.45) is 0 Å². The molecule has 2 aromatic rings. The second-order valence-electron chi connectivity index (χ2n) is 7.66. The van der Waals surface area contributed by atoms with E-state index in [1.54, 1.807) is 31.2 Å². The number of hydrogen-bond acceptors (Lipinski definition) is 5. The Balaban J connectivity index is 1.59. The SMILES string of the molecule is Cc1ccccc1C(=O)NCCC(=O)OC(C)C(=O)N1CC(=O)Nc2cc(C(F)(F)F)ccc21. The van der Waals surface area contributed by atoms with Crippen LogP contribution in [0.3, 0.4) is 0 Å². The summed E-state index contributed by atoms with van der Waals surface area (Å²) in [6, 6.07) is 9.54. The van der Waals surface area contributed by atoms with Crippen LogP contribution in [0.2, 0.25) is 0 Å². The molecule has 0 saturated carbocycles. The lowest BCUT2D eigenvalue weighted by atomic mass is 10.1. The topological polar surface area (TPSA) is 105 Å². The maximum atomic E-state index is 13.0. The van der Waals surface area contributed by atoms with Crippen molar-refractivity contribution in [1.29, 1.82) is 0 Å². The summed E-state index contributed by atoms with van der Waals surface area (Å²) in [5, 5.41) is 4.90. The van der Waals surface area contributed by atoms with Gasteiger partial charge in [-0.15, -0.1) is 0 Å². The molecule has 2 N–H and O–H groups in total. The molecule has 0 spiro atoms. The van der Waals surface area contributed by atoms with Crippen molar-refractivity contribution in [3.8, 4) is 0 Å². The first kappa shape index (κ1) is 24.7. The molecule has 1 atom stereocenters. The molecule has 34 heavy (non-hydrogen) atoms. The molecule has 0 bridgehead atoms. The maximum absolute atomic E-state index is 13.0. The zero-order valence-corrected chi connectivity index (χ0v) is 18.4. The largest absolute Gasteiger partial charge is 0.452 e. The minimum absolute atomic E-state index is 0.0257. The summed E-state index contributed by atoms with van der Waals surface area (Å²) < 4.78 is 44.0. The molecule has 0 saturated heterocycles. The van der Waals surface area contributed by atoms with Gasteiger partial charge < -0.3 is 15.4 Å². The summed E-state index contributed by atoms with van der Waals surface area (Å²) in [6.45, 7) is 2.61. The lowest BCUT2D eigenvalue weighted by molar-refractivity contribution is -0.153. The highest BCUT2D eigenvalue weighted by Gasteiger charge is 2.35. The van der Waals surface area contributed by atoms with Gasteiger partial charge in [0.25, 0.3) is 11.8 Å². The smallest absolute Gasteiger partial charge is 0.416 e. The number of amides is 3. The fourth-order valence-corrected chi connectivity index (χ4v) is 3.39. The molecule has 11 heteroatoms. The minimum Gasteiger partial charge on any atom is -0.452 e. The van der Waals surface area contributed by atoms with E-state index in [9.17, 15) is 32.3 Å². The lowest BCUT2D eigenvalue weighted by Crippen LogP contribution is -2.47. The number of esters is 1. The Morgan fingerprint density at radius 2 is 1.88 bits per heavy atom. The third-order valence-corrected chi connectivity index (χ3v) is 5.12. The number of ether oxygens (including phenoxy) is 1. The van der Waals surface area contributed by atoms with E-state index in [-0.39, 0.29) is 30.2 Å². The average Bonchev–Trinajstić information content (AvgIpc) is 2.77. The van der Waals surface area contributed by atoms with E-state index in [0.717, 1.165) is 28.7 Å². The number of carbonyl (C=O) groups is 4. The predicted octanol–water partition coefficient (Wildman–Crippen LogP) is 3.05. The molecule has 0 aliphatic carbocycles. The third-order valence-electron chi connectivity index (χ3n) is 5.12. The maximum Gasteiger partial charge on any atom is 0.416 e. The first-order chi connectivity index (χ1) is 16.0. The fraction of sp³-hybridized carbons (Fsp3) is 0.304. The Morgan fingerprint density at radius 3 is 2.56 bits per heavy atom. The number of hydrogen-bond donors (Lipinski definition) is 2. The third kappa shape index (κ3) is 5.72. The number of carbonyl (C=O) groups excluding carboxylic acids is 4. The standard InChI is InChI=1S/C23H22F3N3O5/c1-13-5-3-4-6-16(13)21(32)27-10-9-20(31)34-14(2)22(33)29-12-19(30)28-17-11-15(23(24,25)26)7-8-18(17)29/h3-8,11,14H,9-10,12H2,1-2H3,(H,27,32)(H,28,30). The van der Waals surface area contributed by atoms with Crippen LogP contribution in [0.25, 0.3) is 0 Å². The van der Waals surface area contributed by atoms with Gasteiger partial charge in [-0.25, -0.2) is 0 Å². The van der Waals surface area contributed by atoms with Crippen LogP contribution in [0, 0.1) is 6.92 Å². The van der Waals surface area contributed by atoms with Crippen molar-refractivity contribution in [1.82, 2.24) is 5.32 Å². The predicted molar refractivity (Wildman–Crippen MR) is 116 cm³/mol. The van der Waals surface area contributed by atoms with E-state index < -0.39 is 42.2 Å². The Labute approximate surface area is 193 Å². The summed E-state index contributed by atoms with van der Waals surface area (Å²) in [7, 11) is 0. The Kier molecular flexibility index (Phi) is 7.23. The summed E-state index contributed by atoms with van der Waals surface area (Å²) in [4.78, 5) is 50.1. The zero-order valence-electron chi connectivity index (χ0n) is 18.4. The molecule has 1 heterocycles. The average molecular weight is 477 g/mol. The Morgan fingerprint density at radius 1 is 1.18 bits per heavy atom. The number of benzene rings is 2. The van der Waals surface area contributed by atoms with E-state index in [0.29, 0.717) is 5.56 Å². The van der Waals surface area contributed by atoms with Gasteiger partial charge in [-0.2, -0.15) is 13.2 Å². The number of rotatable bonds is 6. The van der Waals surface area contributed by atoms with Gasteiger partial charge in [-0.05, 0) is 43.7 Å². The van der Waals surface area contributed by atoms with Crippen LogP contribution >= 0.6 is 0 Å². The van der Waals surface area contributed by atoms with Crippen LogP contribution in [0.5, 0.6) is 0 Å². The van der Waals surface area contributed by atoms with Crippen LogP contribution < -0.4 is 15.5 Å². The zero-order chi connectivity index (χ0) is 25.0. The molecular weight excluding hydrogens is 455 g/mol. The van der Waals surface area contributed by atoms with Crippen molar-refractivity contribution < 1.29 is 37.1 Å². The highest BCUT2D eigenvalue weighted by Crippen LogP contribution is 2.37. The Hall–Kier alpha value is -3.89. The quantitative estimate of drug-likeness (QED) is 0.623. The van der Waals surface area contributed by atoms with E-state index in [2.05, 4.69) is 10.6 Å². The van der Waals surface area contributed by atoms with Crippen molar-refractivity contribution >= 4 is 35.1 Å². The highest BCUT2D eigenvalue weighted by molar-refractivity contribution is 6.11. The molecule has 0 aromatic heterocycles. The number of nitrogens with one attached hydrogen (secondary N) is 2. The summed E-state index contributed by atoms with van der Waals surface area (Å²) in [6.07, 6.45) is -6.13. The van der Waals surface area contributed by atoms with Crippen LogP contribution in [0.15, 0.2) is 42.5 Å². The molecule has 8 nitrogen and oxygen atoms in total. The first-order valence-electron chi connectivity index (χ1n) is 10.3. The molecule has 180 valence electrons. The molecular formula is C23H22F3N3O5. The van der Waals surface area contributed by atoms with Crippen molar-refractivity contribution in [3.63, 3.8) is 0 Å². The molecule has 1 unspecified atom stereocenters. The molecule has 3 rings (SSSR count). The molecule has 1 aliphatic heterocycles. The second kappa shape index (κ2) is 9.94. The minimum atomic E-state index is -4.62. The number of nitrogens with zero attached hydrogens (tertiary/aromatic N) is 1. The lowest BCUT2D eigenvalue weighted by Gasteiger charge is -2.31. The number of halogens is 3. The fourth-order valence-electron chi connectivity index (χ4n) is 3.39. The molecule has 2 aromatic carbocycles. The van der Waals surface area contributed by atoms with Crippen LogP contribution in [-0.4, -0.2) is 42.9 Å². The number of aryl methyl sites for hydroxylation is 1. The van der Waals surface area contributed by atoms with Gasteiger partial charge in [0.15, 0.2) is 6.10 Å². The summed E-state index contributed by atoms with van der Waals surface area (Å²) in [5.41, 5.74) is 0.154. The van der Waals surface area contributed by atoms with Gasteiger partial charge in [0.1, 0.15) is 6.54 Å². The van der Waals surface area contributed by atoms with Crippen LogP contribution in [0.4, 0.5) is 24.5 Å². The van der Waals surface area contributed by atoms with Crippen LogP contribution in [0.1, 0.15) is 34.8 Å². The van der Waals surface area contributed by atoms with Gasteiger partial charge in [0.05, 0.1) is 23.4 Å². The van der Waals surface area contributed by atoms with Gasteiger partial charge in [-0.1, -0.05) is 18.2 Å². The molecule has 1 aliphatic rings. The Bertz CT molecular complexity index is 1130. The van der Waals surface area contributed by atoms with Crippen molar-refractivity contribution in [3.05, 3.63) is 59.2 Å². The second-order valence-corrected chi connectivity index (χ2v) is 7.66. The molecule has 3 amide bonds. The number of alkyl halides is 3. The van der Waals surface area contributed by atoms with Crippen LogP contribution in [-0.2, 0) is 25.3 Å². The summed E-state index contributed by atoms with van der Waals surface area (Å²) in [5.74, 6) is -2.57. The van der Waals surface area contributed by atoms with Crippen molar-refractivity contribution in [2.75, 3.05) is 23.3 Å². The van der Waals surface area contributed by atoms with E-state index in [4.69, 9.17) is 4.74 Å². The van der Waals surface area contributed by atoms with Gasteiger partial charge in [0, 0.05) is 12.1 Å². The number of fused-ring (bicyclic) bond motifs is 1. The van der Waals surface area contributed by atoms with Gasteiger partial charge >= 0.3 is 12.1 Å². The number of anilines is 2. The van der Waals surface area contributed by atoms with Crippen molar-refractivity contribution in [2.45, 2.75) is 32.5 Å². The molecule has 0 fully saturated rings. The van der Waals surface area contributed by atoms with Gasteiger partial charge in [-0.3, -0.25) is 24.1 Å². The van der Waals surface area contributed by atoms with E-state index in [1.165, 1.54) is 6.92 Å². The molecule has 0 radical (unpaired) electrons.